The maximum atomic E-state index is 11.9. The van der Waals surface area contributed by atoms with Gasteiger partial charge in [0.05, 0.1) is 18.7 Å². The molecule has 0 aromatic carbocycles. The van der Waals surface area contributed by atoms with Gasteiger partial charge in [0.2, 0.25) is 5.91 Å². The second kappa shape index (κ2) is 7.40. The number of methoxy groups -OCH3 is 1. The minimum atomic E-state index is -0.248. The van der Waals surface area contributed by atoms with Crippen molar-refractivity contribution in [2.24, 2.45) is 0 Å². The summed E-state index contributed by atoms with van der Waals surface area (Å²) >= 11 is 0. The fourth-order valence-corrected chi connectivity index (χ4v) is 2.18. The first-order valence-electron chi connectivity index (χ1n) is 6.18. The van der Waals surface area contributed by atoms with Crippen molar-refractivity contribution < 1.29 is 14.3 Å². The van der Waals surface area contributed by atoms with E-state index in [1.165, 1.54) is 0 Å². The summed E-state index contributed by atoms with van der Waals surface area (Å²) in [6.45, 7) is 3.70. The van der Waals surface area contributed by atoms with Gasteiger partial charge in [-0.25, -0.2) is 0 Å². The Morgan fingerprint density at radius 1 is 1.59 bits per heavy atom. The number of likely N-dealkylation sites (tertiary alicyclic amines) is 1. The lowest BCUT2D eigenvalue weighted by molar-refractivity contribution is -0.129. The second-order valence-corrected chi connectivity index (χ2v) is 4.40. The number of piperidine rings is 1. The molecule has 1 N–H and O–H groups in total. The third-order valence-corrected chi connectivity index (χ3v) is 3.23. The van der Waals surface area contributed by atoms with Gasteiger partial charge in [-0.2, -0.15) is 0 Å². The van der Waals surface area contributed by atoms with Crippen molar-refractivity contribution in [1.29, 1.82) is 0 Å². The zero-order valence-electron chi connectivity index (χ0n) is 10.6. The van der Waals surface area contributed by atoms with E-state index in [1.807, 2.05) is 11.8 Å². The Labute approximate surface area is 102 Å². The molecule has 0 aromatic rings. The van der Waals surface area contributed by atoms with Crippen molar-refractivity contribution in [3.05, 3.63) is 0 Å². The van der Waals surface area contributed by atoms with Crippen LogP contribution in [0.25, 0.3) is 0 Å². The van der Waals surface area contributed by atoms with E-state index in [1.54, 1.807) is 7.11 Å². The highest BCUT2D eigenvalue weighted by atomic mass is 16.5. The van der Waals surface area contributed by atoms with Gasteiger partial charge in [0.15, 0.2) is 0 Å². The van der Waals surface area contributed by atoms with E-state index in [2.05, 4.69) is 5.32 Å². The molecule has 0 aliphatic carbocycles. The number of amides is 1. The average molecular weight is 242 g/mol. The minimum Gasteiger partial charge on any atom is -0.383 e. The molecule has 5 nitrogen and oxygen atoms in total. The Bertz CT molecular complexity index is 258. The Hall–Kier alpha value is -0.940. The summed E-state index contributed by atoms with van der Waals surface area (Å²) in [6, 6.07) is -0.353. The number of hydrogen-bond acceptors (Lipinski definition) is 4. The quantitative estimate of drug-likeness (QED) is 0.533. The van der Waals surface area contributed by atoms with Crippen molar-refractivity contribution in [1.82, 2.24) is 10.2 Å². The van der Waals surface area contributed by atoms with E-state index in [0.717, 1.165) is 32.1 Å². The first-order chi connectivity index (χ1) is 8.20. The summed E-state index contributed by atoms with van der Waals surface area (Å²) in [5.41, 5.74) is 0. The Balaban J connectivity index is 2.45. The second-order valence-electron chi connectivity index (χ2n) is 4.40. The van der Waals surface area contributed by atoms with Gasteiger partial charge >= 0.3 is 0 Å². The molecule has 0 spiro atoms. The Morgan fingerprint density at radius 3 is 3.00 bits per heavy atom. The van der Waals surface area contributed by atoms with Crippen LogP contribution >= 0.6 is 0 Å². The minimum absolute atomic E-state index is 0.0317. The van der Waals surface area contributed by atoms with Gasteiger partial charge in [-0.15, -0.1) is 0 Å². The number of rotatable bonds is 6. The summed E-state index contributed by atoms with van der Waals surface area (Å²) in [4.78, 5) is 24.8. The van der Waals surface area contributed by atoms with Gasteiger partial charge in [-0.05, 0) is 26.3 Å². The molecule has 2 unspecified atom stereocenters. The summed E-state index contributed by atoms with van der Waals surface area (Å²) in [5, 5.41) is 2.80. The third kappa shape index (κ3) is 4.09. The van der Waals surface area contributed by atoms with Crippen LogP contribution in [0.2, 0.25) is 0 Å². The van der Waals surface area contributed by atoms with E-state index < -0.39 is 0 Å². The van der Waals surface area contributed by atoms with Crippen LogP contribution in [0, 0.1) is 0 Å². The number of nitrogens with one attached hydrogen (secondary N) is 1. The molecule has 5 heteroatoms. The van der Waals surface area contributed by atoms with Crippen molar-refractivity contribution >= 4 is 12.2 Å². The molecule has 1 rings (SSSR count). The molecular weight excluding hydrogens is 220 g/mol. The fraction of sp³-hybridized carbons (Fsp3) is 0.833. The van der Waals surface area contributed by atoms with Crippen molar-refractivity contribution in [3.8, 4) is 0 Å². The molecule has 0 radical (unpaired) electrons. The molecule has 1 aliphatic heterocycles. The molecule has 0 aromatic heterocycles. The zero-order valence-corrected chi connectivity index (χ0v) is 10.6. The smallest absolute Gasteiger partial charge is 0.237 e. The predicted molar refractivity (Wildman–Crippen MR) is 64.8 cm³/mol. The summed E-state index contributed by atoms with van der Waals surface area (Å²) < 4.78 is 4.88. The van der Waals surface area contributed by atoms with Gasteiger partial charge in [-0.1, -0.05) is 6.42 Å². The first kappa shape index (κ1) is 14.1. The van der Waals surface area contributed by atoms with Gasteiger partial charge in [0, 0.05) is 13.7 Å². The van der Waals surface area contributed by atoms with E-state index in [9.17, 15) is 9.59 Å². The van der Waals surface area contributed by atoms with E-state index in [0.29, 0.717) is 13.2 Å². The average Bonchev–Trinajstić information content (AvgIpc) is 2.38. The maximum absolute atomic E-state index is 11.9. The standard InChI is InChI=1S/C12H22N2O3/c1-10(12(16)13-6-8-17-2)14-7-4-3-5-11(14)9-15/h9-11H,3-8H2,1-2H3,(H,13,16). The lowest BCUT2D eigenvalue weighted by Gasteiger charge is -2.36. The number of ether oxygens (including phenoxy) is 1. The van der Waals surface area contributed by atoms with Crippen LogP contribution in [0.3, 0.4) is 0 Å². The number of carbonyl (C=O) groups excluding carboxylic acids is 2. The predicted octanol–water partition coefficient (Wildman–Crippen LogP) is 0.191. The summed E-state index contributed by atoms with van der Waals surface area (Å²) in [6.07, 6.45) is 3.94. The highest BCUT2D eigenvalue weighted by molar-refractivity contribution is 5.81. The van der Waals surface area contributed by atoms with Crippen LogP contribution in [0.15, 0.2) is 0 Å². The van der Waals surface area contributed by atoms with Crippen molar-refractivity contribution in [2.75, 3.05) is 26.8 Å². The highest BCUT2D eigenvalue weighted by Gasteiger charge is 2.29. The molecule has 1 fully saturated rings. The van der Waals surface area contributed by atoms with E-state index in [4.69, 9.17) is 4.74 Å². The number of hydrogen-bond donors (Lipinski definition) is 1. The first-order valence-corrected chi connectivity index (χ1v) is 6.18. The Morgan fingerprint density at radius 2 is 2.35 bits per heavy atom. The number of carbonyl (C=O) groups is 2. The van der Waals surface area contributed by atoms with Crippen LogP contribution < -0.4 is 5.32 Å². The van der Waals surface area contributed by atoms with Crippen LogP contribution in [-0.4, -0.2) is 56.0 Å². The van der Waals surface area contributed by atoms with Gasteiger partial charge in [-0.3, -0.25) is 9.69 Å². The molecule has 2 atom stereocenters. The largest absolute Gasteiger partial charge is 0.383 e. The van der Waals surface area contributed by atoms with Gasteiger partial charge in [0.1, 0.15) is 6.29 Å². The molecule has 0 saturated carbocycles. The van der Waals surface area contributed by atoms with Crippen LogP contribution in [0.4, 0.5) is 0 Å². The van der Waals surface area contributed by atoms with Crippen molar-refractivity contribution in [2.45, 2.75) is 38.3 Å². The normalized spacial score (nSPS) is 23.1. The third-order valence-electron chi connectivity index (χ3n) is 3.23. The monoisotopic (exact) mass is 242 g/mol. The molecule has 1 amide bonds. The highest BCUT2D eigenvalue weighted by Crippen LogP contribution is 2.18. The fourth-order valence-electron chi connectivity index (χ4n) is 2.18. The summed E-state index contributed by atoms with van der Waals surface area (Å²) in [7, 11) is 1.60. The SMILES string of the molecule is COCCNC(=O)C(C)N1CCCCC1C=O. The lowest BCUT2D eigenvalue weighted by atomic mass is 10.0. The molecule has 1 aliphatic rings. The van der Waals surface area contributed by atoms with Crippen LogP contribution in [-0.2, 0) is 14.3 Å². The summed E-state index contributed by atoms with van der Waals surface area (Å²) in [5.74, 6) is -0.0317. The molecule has 17 heavy (non-hydrogen) atoms. The van der Waals surface area contributed by atoms with Crippen LogP contribution in [0.5, 0.6) is 0 Å². The topological polar surface area (TPSA) is 58.6 Å². The van der Waals surface area contributed by atoms with Gasteiger partial charge in [0.25, 0.3) is 0 Å². The molecule has 1 heterocycles. The van der Waals surface area contributed by atoms with E-state index in [-0.39, 0.29) is 18.0 Å². The maximum Gasteiger partial charge on any atom is 0.237 e. The van der Waals surface area contributed by atoms with Crippen molar-refractivity contribution in [3.63, 3.8) is 0 Å². The number of nitrogens with zero attached hydrogens (tertiary/aromatic N) is 1. The molecule has 98 valence electrons. The Kier molecular flexibility index (Phi) is 6.15. The lowest BCUT2D eigenvalue weighted by Crippen LogP contribution is -2.52. The molecule has 0 bridgehead atoms. The van der Waals surface area contributed by atoms with E-state index >= 15 is 0 Å². The van der Waals surface area contributed by atoms with Crippen LogP contribution in [0.1, 0.15) is 26.2 Å². The molecular formula is C12H22N2O3. The zero-order chi connectivity index (χ0) is 12.7. The van der Waals surface area contributed by atoms with Gasteiger partial charge < -0.3 is 14.8 Å². The molecule has 1 saturated heterocycles. The number of aldehydes is 1.